The van der Waals surface area contributed by atoms with Crippen molar-refractivity contribution < 1.29 is 21.0 Å². The van der Waals surface area contributed by atoms with Crippen LogP contribution in [0.2, 0.25) is 0 Å². The molecule has 0 spiro atoms. The van der Waals surface area contributed by atoms with Crippen LogP contribution in [0.1, 0.15) is 5.56 Å². The Morgan fingerprint density at radius 1 is 0.857 bits per heavy atom. The first kappa shape index (κ1) is 19.8. The highest BCUT2D eigenvalue weighted by Crippen LogP contribution is 2.17. The Kier molecular flexibility index (Phi) is 5.09. The molecule has 0 saturated heterocycles. The van der Waals surface area contributed by atoms with Crippen LogP contribution in [0, 0.1) is 6.92 Å². The number of aryl methyl sites for hydroxylation is 1. The number of hydrogen-bond donors (Lipinski definition) is 0. The van der Waals surface area contributed by atoms with Crippen molar-refractivity contribution in [2.24, 2.45) is 0 Å². The maximum atomic E-state index is 12.6. The van der Waals surface area contributed by atoms with Crippen molar-refractivity contribution in [3.05, 3.63) is 76.7 Å². The minimum Gasteiger partial charge on any atom is -0.373 e. The minimum atomic E-state index is -4.20. The molecule has 1 heterocycles. The summed E-state index contributed by atoms with van der Waals surface area (Å²) in [7, 11) is -7.59. The van der Waals surface area contributed by atoms with Gasteiger partial charge in [0, 0.05) is 12.3 Å². The summed E-state index contributed by atoms with van der Waals surface area (Å²) in [4.78, 5) is 12.6. The molecule has 0 saturated carbocycles. The molecule has 0 aliphatic carbocycles. The maximum absolute atomic E-state index is 12.6. The molecule has 2 aromatic carbocycles. The van der Waals surface area contributed by atoms with Crippen molar-refractivity contribution in [2.45, 2.75) is 16.7 Å². The summed E-state index contributed by atoms with van der Waals surface area (Å²) in [6.07, 6.45) is 2.28. The fourth-order valence-corrected chi connectivity index (χ4v) is 3.91. The van der Waals surface area contributed by atoms with Crippen LogP contribution in [0.3, 0.4) is 0 Å². The lowest BCUT2D eigenvalue weighted by molar-refractivity contribution is 0.478. The summed E-state index contributed by atoms with van der Waals surface area (Å²) in [5.41, 5.74) is 0.337. The van der Waals surface area contributed by atoms with Crippen molar-refractivity contribution in [2.75, 3.05) is 6.26 Å². The molecule has 146 valence electrons. The van der Waals surface area contributed by atoms with E-state index in [9.17, 15) is 21.6 Å². The predicted molar refractivity (Wildman–Crippen MR) is 102 cm³/mol. The molecule has 10 heteroatoms. The molecular formula is C18H16N2O6S2. The normalized spacial score (nSPS) is 11.9. The lowest BCUT2D eigenvalue weighted by atomic mass is 10.2. The van der Waals surface area contributed by atoms with E-state index in [1.807, 2.05) is 6.92 Å². The van der Waals surface area contributed by atoms with Gasteiger partial charge in [0.25, 0.3) is 0 Å². The van der Waals surface area contributed by atoms with Crippen LogP contribution in [-0.4, -0.2) is 32.9 Å². The molecule has 8 nitrogen and oxygen atoms in total. The van der Waals surface area contributed by atoms with Gasteiger partial charge in [-0.1, -0.05) is 17.7 Å². The van der Waals surface area contributed by atoms with Gasteiger partial charge in [-0.15, -0.1) is 0 Å². The van der Waals surface area contributed by atoms with Crippen molar-refractivity contribution in [1.29, 1.82) is 0 Å². The average Bonchev–Trinajstić information content (AvgIpc) is 2.63. The van der Waals surface area contributed by atoms with Gasteiger partial charge in [-0.05, 0) is 43.3 Å². The van der Waals surface area contributed by atoms with E-state index in [-0.39, 0.29) is 15.5 Å². The highest BCUT2D eigenvalue weighted by atomic mass is 32.2. The van der Waals surface area contributed by atoms with Gasteiger partial charge in [0.05, 0.1) is 16.8 Å². The topological polar surface area (TPSA) is 112 Å². The van der Waals surface area contributed by atoms with Gasteiger partial charge in [-0.25, -0.2) is 8.42 Å². The number of sulfone groups is 1. The zero-order valence-electron chi connectivity index (χ0n) is 14.9. The molecule has 0 radical (unpaired) electrons. The van der Waals surface area contributed by atoms with E-state index < -0.39 is 31.3 Å². The van der Waals surface area contributed by atoms with Gasteiger partial charge in [0.2, 0.25) is 5.75 Å². The fourth-order valence-electron chi connectivity index (χ4n) is 2.35. The molecule has 0 aliphatic heterocycles. The third-order valence-electron chi connectivity index (χ3n) is 3.83. The molecule has 1 aromatic heterocycles. The molecule has 0 N–H and O–H groups in total. The minimum absolute atomic E-state index is 0.0821. The first-order chi connectivity index (χ1) is 13.1. The summed E-state index contributed by atoms with van der Waals surface area (Å²) in [5.74, 6) is -0.428. The van der Waals surface area contributed by atoms with E-state index >= 15 is 0 Å². The average molecular weight is 420 g/mol. The summed E-state index contributed by atoms with van der Waals surface area (Å²) in [6.45, 7) is 1.81. The SMILES string of the molecule is Cc1ccc(S(=O)(=O)Oc2ccnn(-c3ccc(S(C)(=O)=O)cc3)c2=O)cc1. The van der Waals surface area contributed by atoms with Crippen molar-refractivity contribution in [1.82, 2.24) is 9.78 Å². The van der Waals surface area contributed by atoms with E-state index in [0.717, 1.165) is 22.6 Å². The van der Waals surface area contributed by atoms with Gasteiger partial charge >= 0.3 is 15.7 Å². The first-order valence-electron chi connectivity index (χ1n) is 7.98. The Morgan fingerprint density at radius 2 is 1.43 bits per heavy atom. The Labute approximate surface area is 162 Å². The third-order valence-corrected chi connectivity index (χ3v) is 6.21. The number of nitrogens with zero attached hydrogens (tertiary/aromatic N) is 2. The first-order valence-corrected chi connectivity index (χ1v) is 11.3. The monoisotopic (exact) mass is 420 g/mol. The zero-order chi connectivity index (χ0) is 20.5. The van der Waals surface area contributed by atoms with Crippen LogP contribution >= 0.6 is 0 Å². The van der Waals surface area contributed by atoms with E-state index in [1.54, 1.807) is 12.1 Å². The summed E-state index contributed by atoms with van der Waals surface area (Å²) < 4.78 is 53.8. The van der Waals surface area contributed by atoms with Gasteiger partial charge in [-0.2, -0.15) is 18.2 Å². The Bertz CT molecular complexity index is 1280. The second-order valence-electron chi connectivity index (χ2n) is 6.03. The molecule has 3 rings (SSSR count). The fraction of sp³-hybridized carbons (Fsp3) is 0.111. The second-order valence-corrected chi connectivity index (χ2v) is 9.59. The summed E-state index contributed by atoms with van der Waals surface area (Å²) in [6, 6.07) is 12.6. The molecule has 0 amide bonds. The highest BCUT2D eigenvalue weighted by Gasteiger charge is 2.19. The molecular weight excluding hydrogens is 404 g/mol. The smallest absolute Gasteiger partial charge is 0.339 e. The Balaban J connectivity index is 1.98. The highest BCUT2D eigenvalue weighted by molar-refractivity contribution is 7.90. The van der Waals surface area contributed by atoms with E-state index in [1.165, 1.54) is 42.6 Å². The Hall–Kier alpha value is -2.98. The molecule has 28 heavy (non-hydrogen) atoms. The van der Waals surface area contributed by atoms with Crippen molar-refractivity contribution in [3.63, 3.8) is 0 Å². The zero-order valence-corrected chi connectivity index (χ0v) is 16.6. The standard InChI is InChI=1S/C18H16N2O6S2/c1-13-3-7-16(8-4-13)28(24,25)26-17-11-12-19-20(18(17)21)14-5-9-15(10-6-14)27(2,22)23/h3-12H,1-2H3. The van der Waals surface area contributed by atoms with Crippen molar-refractivity contribution >= 4 is 20.0 Å². The van der Waals surface area contributed by atoms with Crippen molar-refractivity contribution in [3.8, 4) is 11.4 Å². The van der Waals surface area contributed by atoms with Gasteiger partial charge in [-0.3, -0.25) is 4.79 Å². The maximum Gasteiger partial charge on any atom is 0.339 e. The lowest BCUT2D eigenvalue weighted by Crippen LogP contribution is -2.24. The quantitative estimate of drug-likeness (QED) is 0.578. The van der Waals surface area contributed by atoms with Crippen LogP contribution in [0.5, 0.6) is 5.75 Å². The van der Waals surface area contributed by atoms with Crippen LogP contribution in [-0.2, 0) is 20.0 Å². The lowest BCUT2D eigenvalue weighted by Gasteiger charge is -2.09. The molecule has 3 aromatic rings. The van der Waals surface area contributed by atoms with Crippen LogP contribution in [0.15, 0.2) is 75.4 Å². The van der Waals surface area contributed by atoms with Crippen LogP contribution in [0.25, 0.3) is 5.69 Å². The summed E-state index contributed by atoms with van der Waals surface area (Å²) >= 11 is 0. The Morgan fingerprint density at radius 3 is 2.00 bits per heavy atom. The van der Waals surface area contributed by atoms with Crippen LogP contribution in [0.4, 0.5) is 0 Å². The van der Waals surface area contributed by atoms with E-state index in [4.69, 9.17) is 4.18 Å². The number of rotatable bonds is 5. The molecule has 0 unspecified atom stereocenters. The summed E-state index contributed by atoms with van der Waals surface area (Å²) in [5, 5.41) is 3.90. The molecule has 0 fully saturated rings. The van der Waals surface area contributed by atoms with Gasteiger partial charge in [0.1, 0.15) is 4.90 Å². The van der Waals surface area contributed by atoms with Crippen LogP contribution < -0.4 is 9.74 Å². The largest absolute Gasteiger partial charge is 0.373 e. The molecule has 0 atom stereocenters. The predicted octanol–water partition coefficient (Wildman–Crippen LogP) is 1.71. The number of aromatic nitrogens is 2. The number of hydrogen-bond acceptors (Lipinski definition) is 7. The third kappa shape index (κ3) is 4.12. The van der Waals surface area contributed by atoms with E-state index in [2.05, 4.69) is 5.10 Å². The number of benzene rings is 2. The van der Waals surface area contributed by atoms with Gasteiger partial charge in [0.15, 0.2) is 9.84 Å². The molecule has 0 bridgehead atoms. The molecule has 0 aliphatic rings. The van der Waals surface area contributed by atoms with E-state index in [0.29, 0.717) is 0 Å². The second kappa shape index (κ2) is 7.21. The van der Waals surface area contributed by atoms with Gasteiger partial charge < -0.3 is 4.18 Å².